The molecule has 1 fully saturated rings. The van der Waals surface area contributed by atoms with Gasteiger partial charge in [-0.05, 0) is 6.42 Å². The van der Waals surface area contributed by atoms with Crippen LogP contribution in [0.1, 0.15) is 12.1 Å². The van der Waals surface area contributed by atoms with Crippen molar-refractivity contribution in [1.29, 1.82) is 0 Å². The molecule has 2 heterocycles. The fraction of sp³-hybridized carbons (Fsp3) is 0.600. The lowest BCUT2D eigenvalue weighted by Crippen LogP contribution is -2.27. The van der Waals surface area contributed by atoms with Gasteiger partial charge in [-0.3, -0.25) is 4.98 Å². The highest BCUT2D eigenvalue weighted by Crippen LogP contribution is 2.13. The summed E-state index contributed by atoms with van der Waals surface area (Å²) in [7, 11) is -2.88. The van der Waals surface area contributed by atoms with Crippen LogP contribution in [-0.4, -0.2) is 43.0 Å². The maximum Gasteiger partial charge on any atom is 0.152 e. The van der Waals surface area contributed by atoms with E-state index in [1.54, 1.807) is 12.4 Å². The van der Waals surface area contributed by atoms with E-state index in [0.717, 1.165) is 11.5 Å². The summed E-state index contributed by atoms with van der Waals surface area (Å²) >= 11 is 5.63. The van der Waals surface area contributed by atoms with E-state index in [4.69, 9.17) is 11.6 Å². The van der Waals surface area contributed by atoms with Crippen molar-refractivity contribution in [2.45, 2.75) is 12.3 Å². The summed E-state index contributed by atoms with van der Waals surface area (Å²) in [5.74, 6) is 1.50. The zero-order valence-electron chi connectivity index (χ0n) is 9.34. The normalized spacial score (nSPS) is 19.9. The quantitative estimate of drug-likeness (QED) is 0.749. The standard InChI is InChI=1S/C10H14ClN3O2S/c11-6-9-7-13-10(8-12-9)14-2-1-4-17(15,16)5-3-14/h7-8H,1-6H2. The predicted octanol–water partition coefficient (Wildman–Crippen LogP) is 0.840. The van der Waals surface area contributed by atoms with Crippen molar-refractivity contribution in [3.8, 4) is 0 Å². The number of sulfone groups is 1. The fourth-order valence-corrected chi connectivity index (χ4v) is 3.16. The van der Waals surface area contributed by atoms with E-state index >= 15 is 0 Å². The van der Waals surface area contributed by atoms with Crippen LogP contribution in [-0.2, 0) is 15.7 Å². The van der Waals surface area contributed by atoms with E-state index in [-0.39, 0.29) is 11.5 Å². The SMILES string of the molecule is O=S1(=O)CCCN(c2cnc(CCl)cn2)CC1. The third kappa shape index (κ3) is 3.29. The number of hydrogen-bond donors (Lipinski definition) is 0. The van der Waals surface area contributed by atoms with E-state index in [0.29, 0.717) is 25.4 Å². The maximum absolute atomic E-state index is 11.5. The molecule has 1 saturated heterocycles. The lowest BCUT2D eigenvalue weighted by atomic mass is 10.4. The van der Waals surface area contributed by atoms with Gasteiger partial charge in [-0.2, -0.15) is 0 Å². The van der Waals surface area contributed by atoms with Crippen molar-refractivity contribution in [3.63, 3.8) is 0 Å². The molecule has 94 valence electrons. The molecule has 0 N–H and O–H groups in total. The molecule has 0 amide bonds. The van der Waals surface area contributed by atoms with Crippen LogP contribution in [0.2, 0.25) is 0 Å². The molecule has 2 rings (SSSR count). The van der Waals surface area contributed by atoms with Crippen molar-refractivity contribution in [3.05, 3.63) is 18.1 Å². The molecule has 1 aromatic heterocycles. The number of halogens is 1. The first kappa shape index (κ1) is 12.6. The molecule has 1 aliphatic rings. The molecule has 0 radical (unpaired) electrons. The highest BCUT2D eigenvalue weighted by atomic mass is 35.5. The van der Waals surface area contributed by atoms with Gasteiger partial charge in [0.15, 0.2) is 9.84 Å². The Hall–Kier alpha value is -0.880. The molecular formula is C10H14ClN3O2S. The van der Waals surface area contributed by atoms with Crippen LogP contribution in [0.4, 0.5) is 5.82 Å². The van der Waals surface area contributed by atoms with Gasteiger partial charge in [-0.25, -0.2) is 13.4 Å². The predicted molar refractivity (Wildman–Crippen MR) is 67.1 cm³/mol. The molecule has 17 heavy (non-hydrogen) atoms. The third-order valence-electron chi connectivity index (χ3n) is 2.71. The summed E-state index contributed by atoms with van der Waals surface area (Å²) in [5.41, 5.74) is 0.720. The molecule has 1 aromatic rings. The number of anilines is 1. The number of nitrogens with zero attached hydrogens (tertiary/aromatic N) is 3. The monoisotopic (exact) mass is 275 g/mol. The van der Waals surface area contributed by atoms with Crippen LogP contribution in [0.5, 0.6) is 0 Å². The Balaban J connectivity index is 2.11. The molecule has 0 saturated carbocycles. The molecule has 1 aliphatic heterocycles. The Kier molecular flexibility index (Phi) is 3.83. The van der Waals surface area contributed by atoms with E-state index in [2.05, 4.69) is 9.97 Å². The van der Waals surface area contributed by atoms with E-state index in [1.165, 1.54) is 0 Å². The summed E-state index contributed by atoms with van der Waals surface area (Å²) in [6, 6.07) is 0. The van der Waals surface area contributed by atoms with Crippen LogP contribution in [0, 0.1) is 0 Å². The minimum atomic E-state index is -2.88. The van der Waals surface area contributed by atoms with Crippen molar-refractivity contribution in [2.24, 2.45) is 0 Å². The van der Waals surface area contributed by atoms with Gasteiger partial charge in [0.05, 0.1) is 35.5 Å². The molecule has 0 aromatic carbocycles. The van der Waals surface area contributed by atoms with Gasteiger partial charge < -0.3 is 4.90 Å². The maximum atomic E-state index is 11.5. The number of rotatable bonds is 2. The Morgan fingerprint density at radius 2 is 2.06 bits per heavy atom. The molecule has 0 spiro atoms. The molecule has 5 nitrogen and oxygen atoms in total. The average Bonchev–Trinajstić information content (AvgIpc) is 2.50. The summed E-state index contributed by atoms with van der Waals surface area (Å²) < 4.78 is 22.9. The van der Waals surface area contributed by atoms with Gasteiger partial charge >= 0.3 is 0 Å². The minimum Gasteiger partial charge on any atom is -0.354 e. The largest absolute Gasteiger partial charge is 0.354 e. The van der Waals surface area contributed by atoms with Gasteiger partial charge in [0.1, 0.15) is 5.82 Å². The first-order valence-electron chi connectivity index (χ1n) is 5.43. The first-order valence-corrected chi connectivity index (χ1v) is 7.78. The lowest BCUT2D eigenvalue weighted by Gasteiger charge is -2.20. The van der Waals surface area contributed by atoms with Gasteiger partial charge in [0, 0.05) is 13.1 Å². The second-order valence-electron chi connectivity index (χ2n) is 3.99. The highest BCUT2D eigenvalue weighted by Gasteiger charge is 2.19. The lowest BCUT2D eigenvalue weighted by molar-refractivity contribution is 0.597. The van der Waals surface area contributed by atoms with E-state index in [1.807, 2.05) is 4.90 Å². The highest BCUT2D eigenvalue weighted by molar-refractivity contribution is 7.91. The Morgan fingerprint density at radius 3 is 2.71 bits per heavy atom. The molecule has 0 atom stereocenters. The van der Waals surface area contributed by atoms with Gasteiger partial charge in [0.2, 0.25) is 0 Å². The zero-order chi connectivity index (χ0) is 12.3. The molecule has 0 bridgehead atoms. The third-order valence-corrected chi connectivity index (χ3v) is 4.70. The molecule has 7 heteroatoms. The van der Waals surface area contributed by atoms with Crippen LogP contribution >= 0.6 is 11.6 Å². The fourth-order valence-electron chi connectivity index (χ4n) is 1.75. The Labute approximate surface area is 106 Å². The van der Waals surface area contributed by atoms with Crippen LogP contribution in [0.3, 0.4) is 0 Å². The van der Waals surface area contributed by atoms with E-state index < -0.39 is 9.84 Å². The Morgan fingerprint density at radius 1 is 1.24 bits per heavy atom. The van der Waals surface area contributed by atoms with Crippen molar-refractivity contribution >= 4 is 27.3 Å². The van der Waals surface area contributed by atoms with E-state index in [9.17, 15) is 8.42 Å². The molecular weight excluding hydrogens is 262 g/mol. The van der Waals surface area contributed by atoms with Gasteiger partial charge in [-0.1, -0.05) is 0 Å². The summed E-state index contributed by atoms with van der Waals surface area (Å²) in [4.78, 5) is 10.4. The van der Waals surface area contributed by atoms with Crippen LogP contribution < -0.4 is 4.90 Å². The van der Waals surface area contributed by atoms with Crippen molar-refractivity contribution < 1.29 is 8.42 Å². The number of aromatic nitrogens is 2. The Bertz CT molecular complexity index is 475. The first-order chi connectivity index (χ1) is 8.11. The minimum absolute atomic E-state index is 0.186. The summed E-state index contributed by atoms with van der Waals surface area (Å²) in [6.45, 7) is 1.19. The van der Waals surface area contributed by atoms with Crippen LogP contribution in [0.15, 0.2) is 12.4 Å². The van der Waals surface area contributed by atoms with Gasteiger partial charge in [0.25, 0.3) is 0 Å². The van der Waals surface area contributed by atoms with Crippen molar-refractivity contribution in [2.75, 3.05) is 29.5 Å². The second-order valence-corrected chi connectivity index (χ2v) is 6.56. The summed E-state index contributed by atoms with van der Waals surface area (Å²) in [6.07, 6.45) is 3.92. The summed E-state index contributed by atoms with van der Waals surface area (Å²) in [5, 5.41) is 0. The molecule has 0 aliphatic carbocycles. The smallest absolute Gasteiger partial charge is 0.152 e. The van der Waals surface area contributed by atoms with Gasteiger partial charge in [-0.15, -0.1) is 11.6 Å². The number of alkyl halides is 1. The second kappa shape index (κ2) is 5.18. The van der Waals surface area contributed by atoms with Crippen LogP contribution in [0.25, 0.3) is 0 Å². The van der Waals surface area contributed by atoms with Crippen molar-refractivity contribution in [1.82, 2.24) is 9.97 Å². The molecule has 0 unspecified atom stereocenters. The zero-order valence-corrected chi connectivity index (χ0v) is 10.9. The number of hydrogen-bond acceptors (Lipinski definition) is 5. The average molecular weight is 276 g/mol. The topological polar surface area (TPSA) is 63.2 Å².